The Kier molecular flexibility index (Phi) is 8.62. The third-order valence-corrected chi connectivity index (χ3v) is 2.54. The maximum absolute atomic E-state index is 11.1. The van der Waals surface area contributed by atoms with Gasteiger partial charge in [-0.1, -0.05) is 13.8 Å². The second kappa shape index (κ2) is 8.86. The number of carbonyl (C=O) groups is 1. The quantitative estimate of drug-likeness (QED) is 0.593. The molecule has 0 spiro atoms. The highest BCUT2D eigenvalue weighted by molar-refractivity contribution is 5.76. The molecule has 0 unspecified atom stereocenters. The number of hydrogen-bond acceptors (Lipinski definition) is 3. The van der Waals surface area contributed by atoms with E-state index in [1.807, 2.05) is 0 Å². The van der Waals surface area contributed by atoms with E-state index in [1.54, 1.807) is 6.92 Å². The van der Waals surface area contributed by atoms with Crippen molar-refractivity contribution in [3.63, 3.8) is 0 Å². The van der Waals surface area contributed by atoms with E-state index in [-0.39, 0.29) is 5.78 Å². The second-order valence-electron chi connectivity index (χ2n) is 4.14. The summed E-state index contributed by atoms with van der Waals surface area (Å²) in [4.78, 5) is 13.4. The van der Waals surface area contributed by atoms with Crippen LogP contribution in [0.1, 0.15) is 40.5 Å². The topological polar surface area (TPSA) is 32.3 Å². The van der Waals surface area contributed by atoms with Gasteiger partial charge in [-0.15, -0.1) is 0 Å². The van der Waals surface area contributed by atoms with Gasteiger partial charge in [0.05, 0.1) is 0 Å². The van der Waals surface area contributed by atoms with Gasteiger partial charge in [0, 0.05) is 25.6 Å². The molecule has 0 radical (unpaired) electrons. The van der Waals surface area contributed by atoms with E-state index in [1.165, 1.54) is 0 Å². The molecule has 0 aliphatic heterocycles. The van der Waals surface area contributed by atoms with Crippen LogP contribution < -0.4 is 5.32 Å². The molecular weight excluding hydrogens is 188 g/mol. The van der Waals surface area contributed by atoms with Crippen molar-refractivity contribution in [3.8, 4) is 0 Å². The zero-order chi connectivity index (χ0) is 11.7. The molecule has 90 valence electrons. The lowest BCUT2D eigenvalue weighted by Gasteiger charge is -2.28. The summed E-state index contributed by atoms with van der Waals surface area (Å²) in [5.74, 6) is 0.284. The van der Waals surface area contributed by atoms with Crippen LogP contribution in [-0.2, 0) is 4.79 Å². The fourth-order valence-corrected chi connectivity index (χ4v) is 1.78. The van der Waals surface area contributed by atoms with E-state index >= 15 is 0 Å². The molecule has 0 aliphatic rings. The maximum atomic E-state index is 11.1. The fraction of sp³-hybridized carbons (Fsp3) is 0.917. The largest absolute Gasteiger partial charge is 0.316 e. The summed E-state index contributed by atoms with van der Waals surface area (Å²) in [7, 11) is 0. The van der Waals surface area contributed by atoms with Crippen LogP contribution in [-0.4, -0.2) is 42.9 Å². The molecule has 0 aliphatic carbocycles. The van der Waals surface area contributed by atoms with Gasteiger partial charge < -0.3 is 5.32 Å². The highest BCUT2D eigenvalue weighted by Crippen LogP contribution is 2.04. The molecule has 3 nitrogen and oxygen atoms in total. The highest BCUT2D eigenvalue weighted by atomic mass is 16.1. The molecule has 0 aromatic carbocycles. The van der Waals surface area contributed by atoms with Crippen molar-refractivity contribution in [3.05, 3.63) is 0 Å². The van der Waals surface area contributed by atoms with Crippen LogP contribution in [0, 0.1) is 0 Å². The Morgan fingerprint density at radius 1 is 1.33 bits per heavy atom. The molecule has 1 N–H and O–H groups in total. The number of Topliss-reactive ketones (excluding diaryl/α,β-unsaturated/α-hetero) is 1. The summed E-state index contributed by atoms with van der Waals surface area (Å²) in [5.41, 5.74) is 0. The summed E-state index contributed by atoms with van der Waals surface area (Å²) in [6, 6.07) is 0.376. The standard InChI is InChI=1S/C12H26N2O/c1-5-8-14(9-7-13-6-2)11(3)10-12(4)15/h11,13H,5-10H2,1-4H3/t11-/m1/s1. The minimum atomic E-state index is 0.284. The molecule has 0 aromatic rings. The molecule has 15 heavy (non-hydrogen) atoms. The Hall–Kier alpha value is -0.410. The monoisotopic (exact) mass is 214 g/mol. The van der Waals surface area contributed by atoms with Gasteiger partial charge in [-0.05, 0) is 33.4 Å². The number of carbonyl (C=O) groups excluding carboxylic acids is 1. The first-order valence-electron chi connectivity index (χ1n) is 6.06. The molecule has 1 atom stereocenters. The molecule has 3 heteroatoms. The van der Waals surface area contributed by atoms with Crippen molar-refractivity contribution in [2.75, 3.05) is 26.2 Å². The van der Waals surface area contributed by atoms with Gasteiger partial charge in [0.15, 0.2) is 0 Å². The molecule has 0 saturated carbocycles. The van der Waals surface area contributed by atoms with Crippen molar-refractivity contribution in [2.45, 2.75) is 46.6 Å². The molecule has 0 rings (SSSR count). The SMILES string of the molecule is CCCN(CCNCC)[C@H](C)CC(C)=O. The van der Waals surface area contributed by atoms with Crippen molar-refractivity contribution >= 4 is 5.78 Å². The lowest BCUT2D eigenvalue weighted by molar-refractivity contribution is -0.118. The zero-order valence-electron chi connectivity index (χ0n) is 10.7. The van der Waals surface area contributed by atoms with Crippen molar-refractivity contribution in [1.29, 1.82) is 0 Å². The van der Waals surface area contributed by atoms with Crippen molar-refractivity contribution in [2.24, 2.45) is 0 Å². The zero-order valence-corrected chi connectivity index (χ0v) is 10.7. The minimum Gasteiger partial charge on any atom is -0.316 e. The molecule has 0 aromatic heterocycles. The minimum absolute atomic E-state index is 0.284. The first-order chi connectivity index (χ1) is 7.11. The first kappa shape index (κ1) is 14.6. The van der Waals surface area contributed by atoms with E-state index in [4.69, 9.17) is 0 Å². The van der Waals surface area contributed by atoms with Gasteiger partial charge in [-0.25, -0.2) is 0 Å². The van der Waals surface area contributed by atoms with Gasteiger partial charge in [-0.2, -0.15) is 0 Å². The van der Waals surface area contributed by atoms with Crippen LogP contribution in [0.5, 0.6) is 0 Å². The van der Waals surface area contributed by atoms with E-state index in [2.05, 4.69) is 31.0 Å². The van der Waals surface area contributed by atoms with Crippen LogP contribution in [0.3, 0.4) is 0 Å². The Balaban J connectivity index is 3.93. The van der Waals surface area contributed by atoms with Gasteiger partial charge in [-0.3, -0.25) is 9.69 Å². The molecule has 0 bridgehead atoms. The Morgan fingerprint density at radius 2 is 2.00 bits per heavy atom. The van der Waals surface area contributed by atoms with Crippen molar-refractivity contribution < 1.29 is 4.79 Å². The van der Waals surface area contributed by atoms with E-state index in [0.29, 0.717) is 12.5 Å². The van der Waals surface area contributed by atoms with Crippen LogP contribution in [0.15, 0.2) is 0 Å². The van der Waals surface area contributed by atoms with Crippen LogP contribution in [0.2, 0.25) is 0 Å². The molecule has 0 amide bonds. The Bertz CT molecular complexity index is 171. The summed E-state index contributed by atoms with van der Waals surface area (Å²) in [6.07, 6.45) is 1.82. The third-order valence-electron chi connectivity index (χ3n) is 2.54. The van der Waals surface area contributed by atoms with Crippen LogP contribution in [0.4, 0.5) is 0 Å². The summed E-state index contributed by atoms with van der Waals surface area (Å²) in [5, 5.41) is 3.32. The Morgan fingerprint density at radius 3 is 2.47 bits per heavy atom. The predicted octanol–water partition coefficient (Wildman–Crippen LogP) is 1.68. The number of likely N-dealkylation sites (N-methyl/N-ethyl adjacent to an activating group) is 1. The highest BCUT2D eigenvalue weighted by Gasteiger charge is 2.13. The first-order valence-corrected chi connectivity index (χ1v) is 6.06. The van der Waals surface area contributed by atoms with Gasteiger partial charge in [0.1, 0.15) is 5.78 Å². The van der Waals surface area contributed by atoms with E-state index in [9.17, 15) is 4.79 Å². The van der Waals surface area contributed by atoms with Crippen LogP contribution >= 0.6 is 0 Å². The van der Waals surface area contributed by atoms with Crippen molar-refractivity contribution in [1.82, 2.24) is 10.2 Å². The molecule has 0 heterocycles. The number of rotatable bonds is 9. The maximum Gasteiger partial charge on any atom is 0.131 e. The van der Waals surface area contributed by atoms with E-state index < -0.39 is 0 Å². The molecular formula is C12H26N2O. The third kappa shape index (κ3) is 7.51. The fourth-order valence-electron chi connectivity index (χ4n) is 1.78. The summed E-state index contributed by atoms with van der Waals surface area (Å²) in [6.45, 7) is 12.3. The number of nitrogens with zero attached hydrogens (tertiary/aromatic N) is 1. The molecule has 0 saturated heterocycles. The average molecular weight is 214 g/mol. The second-order valence-corrected chi connectivity index (χ2v) is 4.14. The Labute approximate surface area is 94.2 Å². The lowest BCUT2D eigenvalue weighted by atomic mass is 10.1. The molecule has 0 fully saturated rings. The average Bonchev–Trinajstić information content (AvgIpc) is 2.15. The van der Waals surface area contributed by atoms with Crippen LogP contribution in [0.25, 0.3) is 0 Å². The summed E-state index contributed by atoms with van der Waals surface area (Å²) >= 11 is 0. The lowest BCUT2D eigenvalue weighted by Crippen LogP contribution is -2.39. The van der Waals surface area contributed by atoms with E-state index in [0.717, 1.165) is 32.6 Å². The van der Waals surface area contributed by atoms with Gasteiger partial charge in [0.2, 0.25) is 0 Å². The normalized spacial score (nSPS) is 13.1. The number of ketones is 1. The smallest absolute Gasteiger partial charge is 0.131 e. The summed E-state index contributed by atoms with van der Waals surface area (Å²) < 4.78 is 0. The van der Waals surface area contributed by atoms with Gasteiger partial charge >= 0.3 is 0 Å². The van der Waals surface area contributed by atoms with Gasteiger partial charge in [0.25, 0.3) is 0 Å². The number of hydrogen-bond donors (Lipinski definition) is 1. The predicted molar refractivity (Wildman–Crippen MR) is 65.2 cm³/mol. The number of nitrogens with one attached hydrogen (secondary N) is 1.